The van der Waals surface area contributed by atoms with Gasteiger partial charge in [0.25, 0.3) is 5.91 Å². The van der Waals surface area contributed by atoms with Crippen molar-refractivity contribution in [3.8, 4) is 5.69 Å². The third-order valence-electron chi connectivity index (χ3n) is 3.75. The molecule has 0 unspecified atom stereocenters. The highest BCUT2D eigenvalue weighted by atomic mass is 32.2. The van der Waals surface area contributed by atoms with Crippen molar-refractivity contribution >= 4 is 23.6 Å². The monoisotopic (exact) mass is 381 g/mol. The minimum Gasteiger partial charge on any atom is -0.369 e. The van der Waals surface area contributed by atoms with Gasteiger partial charge in [-0.2, -0.15) is 0 Å². The van der Waals surface area contributed by atoms with Gasteiger partial charge < -0.3 is 11.1 Å². The van der Waals surface area contributed by atoms with Crippen molar-refractivity contribution in [3.05, 3.63) is 71.5 Å². The van der Waals surface area contributed by atoms with Crippen LogP contribution in [0.1, 0.15) is 21.7 Å². The number of hydrogen-bond donors (Lipinski definition) is 2. The second-order valence-electron chi connectivity index (χ2n) is 5.88. The van der Waals surface area contributed by atoms with E-state index in [0.717, 1.165) is 11.3 Å². The number of thioether (sulfide) groups is 1. The molecule has 1 heterocycles. The van der Waals surface area contributed by atoms with Crippen molar-refractivity contribution in [1.29, 1.82) is 0 Å². The number of benzene rings is 2. The molecule has 0 spiro atoms. The van der Waals surface area contributed by atoms with Gasteiger partial charge in [-0.15, -0.1) is 10.2 Å². The van der Waals surface area contributed by atoms with Gasteiger partial charge in [0.05, 0.1) is 12.3 Å². The van der Waals surface area contributed by atoms with Gasteiger partial charge in [0.15, 0.2) is 11.0 Å². The summed E-state index contributed by atoms with van der Waals surface area (Å²) in [7, 11) is 0. The smallest absolute Gasteiger partial charge is 0.251 e. The number of nitrogens with two attached hydrogens (primary N) is 1. The van der Waals surface area contributed by atoms with Crippen LogP contribution in [0.5, 0.6) is 0 Å². The summed E-state index contributed by atoms with van der Waals surface area (Å²) in [5.41, 5.74) is 7.68. The first-order chi connectivity index (χ1) is 13.0. The third kappa shape index (κ3) is 4.73. The molecule has 27 heavy (non-hydrogen) atoms. The molecule has 3 N–H and O–H groups in total. The van der Waals surface area contributed by atoms with E-state index in [1.165, 1.54) is 11.8 Å². The Labute approximate surface area is 161 Å². The van der Waals surface area contributed by atoms with E-state index in [-0.39, 0.29) is 18.2 Å². The fourth-order valence-corrected chi connectivity index (χ4v) is 3.24. The Bertz CT molecular complexity index is 956. The number of hydrogen-bond acceptors (Lipinski definition) is 5. The SMILES string of the molecule is Cc1cccc(C(=O)NCc2nnc(SCC(N)=O)n2-c2ccccc2)c1. The van der Waals surface area contributed by atoms with Gasteiger partial charge >= 0.3 is 0 Å². The van der Waals surface area contributed by atoms with E-state index in [4.69, 9.17) is 5.73 Å². The summed E-state index contributed by atoms with van der Waals surface area (Å²) in [5, 5.41) is 11.7. The van der Waals surface area contributed by atoms with E-state index < -0.39 is 5.91 Å². The molecule has 0 aliphatic carbocycles. The molecule has 0 saturated carbocycles. The number of primary amides is 1. The highest BCUT2D eigenvalue weighted by Gasteiger charge is 2.16. The Morgan fingerprint density at radius 2 is 1.89 bits per heavy atom. The summed E-state index contributed by atoms with van der Waals surface area (Å²) in [5.74, 6) is 0.0411. The molecular formula is C19H19N5O2S. The number of nitrogens with one attached hydrogen (secondary N) is 1. The standard InChI is InChI=1S/C19H19N5O2S/c1-13-6-5-7-14(10-13)18(26)21-11-17-22-23-19(27-12-16(20)25)24(17)15-8-3-2-4-9-15/h2-10H,11-12H2,1H3,(H2,20,25)(H,21,26). The van der Waals surface area contributed by atoms with Gasteiger partial charge in [0.1, 0.15) is 0 Å². The summed E-state index contributed by atoms with van der Waals surface area (Å²) in [6.07, 6.45) is 0. The zero-order chi connectivity index (χ0) is 19.2. The molecule has 2 amide bonds. The van der Waals surface area contributed by atoms with E-state index in [1.54, 1.807) is 6.07 Å². The normalized spacial score (nSPS) is 10.6. The Morgan fingerprint density at radius 1 is 1.11 bits per heavy atom. The fraction of sp³-hybridized carbons (Fsp3) is 0.158. The fourth-order valence-electron chi connectivity index (χ4n) is 2.53. The topological polar surface area (TPSA) is 103 Å². The predicted octanol–water partition coefficient (Wildman–Crippen LogP) is 2.08. The lowest BCUT2D eigenvalue weighted by Gasteiger charge is -2.10. The van der Waals surface area contributed by atoms with E-state index in [0.29, 0.717) is 16.5 Å². The van der Waals surface area contributed by atoms with Gasteiger partial charge in [-0.1, -0.05) is 47.7 Å². The van der Waals surface area contributed by atoms with Crippen LogP contribution < -0.4 is 11.1 Å². The van der Waals surface area contributed by atoms with E-state index in [9.17, 15) is 9.59 Å². The number of aromatic nitrogens is 3. The molecule has 138 valence electrons. The van der Waals surface area contributed by atoms with E-state index >= 15 is 0 Å². The Morgan fingerprint density at radius 3 is 2.59 bits per heavy atom. The molecule has 3 rings (SSSR count). The number of carbonyl (C=O) groups is 2. The van der Waals surface area contributed by atoms with Gasteiger partial charge in [0, 0.05) is 11.3 Å². The Hall–Kier alpha value is -3.13. The molecule has 1 aromatic heterocycles. The maximum Gasteiger partial charge on any atom is 0.251 e. The Balaban J connectivity index is 1.82. The van der Waals surface area contributed by atoms with Crippen LogP contribution in [-0.4, -0.2) is 32.3 Å². The largest absolute Gasteiger partial charge is 0.369 e. The van der Waals surface area contributed by atoms with Gasteiger partial charge in [-0.05, 0) is 31.2 Å². The van der Waals surface area contributed by atoms with Crippen LogP contribution in [0, 0.1) is 6.92 Å². The first kappa shape index (κ1) is 18.7. The van der Waals surface area contributed by atoms with Crippen LogP contribution in [0.2, 0.25) is 0 Å². The lowest BCUT2D eigenvalue weighted by Crippen LogP contribution is -2.24. The highest BCUT2D eigenvalue weighted by Crippen LogP contribution is 2.21. The van der Waals surface area contributed by atoms with Crippen LogP contribution in [0.15, 0.2) is 59.8 Å². The van der Waals surface area contributed by atoms with Gasteiger partial charge in [0.2, 0.25) is 5.91 Å². The molecule has 0 bridgehead atoms. The van der Waals surface area contributed by atoms with Crippen molar-refractivity contribution in [2.24, 2.45) is 5.73 Å². The summed E-state index contributed by atoms with van der Waals surface area (Å²) in [4.78, 5) is 23.5. The maximum absolute atomic E-state index is 12.4. The van der Waals surface area contributed by atoms with Crippen molar-refractivity contribution in [1.82, 2.24) is 20.1 Å². The zero-order valence-corrected chi connectivity index (χ0v) is 15.6. The quantitative estimate of drug-likeness (QED) is 0.610. The number of amides is 2. The number of para-hydroxylation sites is 1. The number of rotatable bonds is 7. The van der Waals surface area contributed by atoms with Crippen molar-refractivity contribution in [2.75, 3.05) is 5.75 Å². The first-order valence-corrected chi connectivity index (χ1v) is 9.29. The maximum atomic E-state index is 12.4. The van der Waals surface area contributed by atoms with Crippen LogP contribution in [0.3, 0.4) is 0 Å². The average molecular weight is 381 g/mol. The van der Waals surface area contributed by atoms with Gasteiger partial charge in [-0.25, -0.2) is 0 Å². The molecule has 0 aliphatic heterocycles. The Kier molecular flexibility index (Phi) is 5.87. The molecule has 2 aromatic carbocycles. The minimum absolute atomic E-state index is 0.0978. The van der Waals surface area contributed by atoms with Crippen molar-refractivity contribution < 1.29 is 9.59 Å². The number of aryl methyl sites for hydroxylation is 1. The molecule has 7 nitrogen and oxygen atoms in total. The molecule has 0 aliphatic rings. The molecule has 0 saturated heterocycles. The molecule has 0 fully saturated rings. The van der Waals surface area contributed by atoms with Crippen LogP contribution >= 0.6 is 11.8 Å². The summed E-state index contributed by atoms with van der Waals surface area (Å²) >= 11 is 1.21. The predicted molar refractivity (Wildman–Crippen MR) is 104 cm³/mol. The zero-order valence-electron chi connectivity index (χ0n) is 14.8. The van der Waals surface area contributed by atoms with Crippen molar-refractivity contribution in [3.63, 3.8) is 0 Å². The molecule has 3 aromatic rings. The third-order valence-corrected chi connectivity index (χ3v) is 4.70. The molecule has 8 heteroatoms. The lowest BCUT2D eigenvalue weighted by molar-refractivity contribution is -0.115. The second kappa shape index (κ2) is 8.50. The van der Waals surface area contributed by atoms with E-state index in [1.807, 2.05) is 60.0 Å². The lowest BCUT2D eigenvalue weighted by atomic mass is 10.1. The number of carbonyl (C=O) groups excluding carboxylic acids is 2. The minimum atomic E-state index is -0.433. The van der Waals surface area contributed by atoms with Crippen molar-refractivity contribution in [2.45, 2.75) is 18.6 Å². The van der Waals surface area contributed by atoms with Crippen LogP contribution in [0.25, 0.3) is 5.69 Å². The molecular weight excluding hydrogens is 362 g/mol. The first-order valence-electron chi connectivity index (χ1n) is 8.30. The highest BCUT2D eigenvalue weighted by molar-refractivity contribution is 7.99. The van der Waals surface area contributed by atoms with Gasteiger partial charge in [-0.3, -0.25) is 14.2 Å². The molecule has 0 atom stereocenters. The second-order valence-corrected chi connectivity index (χ2v) is 6.82. The van der Waals surface area contributed by atoms with Crippen LogP contribution in [0.4, 0.5) is 0 Å². The molecule has 0 radical (unpaired) electrons. The van der Waals surface area contributed by atoms with E-state index in [2.05, 4.69) is 15.5 Å². The average Bonchev–Trinajstić information content (AvgIpc) is 3.08. The summed E-state index contributed by atoms with van der Waals surface area (Å²) in [6, 6.07) is 16.9. The summed E-state index contributed by atoms with van der Waals surface area (Å²) in [6.45, 7) is 2.14. The number of nitrogens with zero attached hydrogens (tertiary/aromatic N) is 3. The van der Waals surface area contributed by atoms with Crippen LogP contribution in [-0.2, 0) is 11.3 Å². The summed E-state index contributed by atoms with van der Waals surface area (Å²) < 4.78 is 1.81.